The van der Waals surface area contributed by atoms with E-state index >= 15 is 0 Å². The molecule has 0 radical (unpaired) electrons. The number of nitrogens with one attached hydrogen (secondary N) is 1. The molecule has 0 aliphatic carbocycles. The third-order valence-corrected chi connectivity index (χ3v) is 4.21. The first-order valence-electron chi connectivity index (χ1n) is 8.46. The van der Waals surface area contributed by atoms with Crippen LogP contribution in [0.15, 0.2) is 24.3 Å². The number of hydrogen-bond donors (Lipinski definition) is 2. The largest absolute Gasteiger partial charge is 0.480 e. The first-order valence-corrected chi connectivity index (χ1v) is 9.53. The summed E-state index contributed by atoms with van der Waals surface area (Å²) in [7, 11) is 1.22. The second-order valence-electron chi connectivity index (χ2n) is 5.78. The molecule has 0 aliphatic heterocycles. The highest BCUT2D eigenvalue weighted by Crippen LogP contribution is 2.16. The molecule has 0 fully saturated rings. The minimum Gasteiger partial charge on any atom is -0.480 e. The molecule has 150 valence electrons. The summed E-state index contributed by atoms with van der Waals surface area (Å²) in [5.74, 6) is -1.20. The fourth-order valence-corrected chi connectivity index (χ4v) is 2.86. The van der Waals surface area contributed by atoms with Gasteiger partial charge in [0.25, 0.3) is 0 Å². The number of carboxylic acids is 1. The first-order chi connectivity index (χ1) is 12.9. The van der Waals surface area contributed by atoms with E-state index in [1.807, 2.05) is 17.0 Å². The van der Waals surface area contributed by atoms with Gasteiger partial charge in [-0.2, -0.15) is 0 Å². The highest BCUT2D eigenvalue weighted by atomic mass is 35.5. The van der Waals surface area contributed by atoms with Crippen LogP contribution in [0.25, 0.3) is 0 Å². The van der Waals surface area contributed by atoms with Crippen LogP contribution in [-0.4, -0.2) is 61.0 Å². The van der Waals surface area contributed by atoms with Crippen molar-refractivity contribution in [2.24, 2.45) is 0 Å². The number of rotatable bonds is 12. The van der Waals surface area contributed by atoms with Gasteiger partial charge in [0.05, 0.1) is 13.5 Å². The van der Waals surface area contributed by atoms with Crippen LogP contribution in [0.5, 0.6) is 0 Å². The molecule has 7 nitrogen and oxygen atoms in total. The van der Waals surface area contributed by atoms with Crippen molar-refractivity contribution >= 4 is 46.7 Å². The van der Waals surface area contributed by atoms with Crippen molar-refractivity contribution in [2.75, 3.05) is 36.9 Å². The standard InChI is InChI=1S/C18H24Cl2N2O5/c1-27-17(24)7-6-15(18(25)26)21-16(23)12-13-2-4-14(5-3-13)22(10-8-19)11-9-20/h2-5,15H,6-12H2,1H3,(H,21,23)(H,25,26). The third kappa shape index (κ3) is 8.49. The van der Waals surface area contributed by atoms with E-state index in [2.05, 4.69) is 10.1 Å². The van der Waals surface area contributed by atoms with Crippen LogP contribution in [0.1, 0.15) is 18.4 Å². The van der Waals surface area contributed by atoms with Gasteiger partial charge in [-0.1, -0.05) is 12.1 Å². The molecule has 1 aromatic rings. The molecule has 9 heteroatoms. The summed E-state index contributed by atoms with van der Waals surface area (Å²) in [5, 5.41) is 11.6. The first kappa shape index (κ1) is 23.0. The number of carbonyl (C=O) groups is 3. The summed E-state index contributed by atoms with van der Waals surface area (Å²) in [6.07, 6.45) is -0.0782. The van der Waals surface area contributed by atoms with Crippen LogP contribution in [0, 0.1) is 0 Å². The number of carbonyl (C=O) groups excluding carboxylic acids is 2. The Morgan fingerprint density at radius 2 is 1.74 bits per heavy atom. The lowest BCUT2D eigenvalue weighted by atomic mass is 10.1. The summed E-state index contributed by atoms with van der Waals surface area (Å²) in [6, 6.07) is 6.20. The summed E-state index contributed by atoms with van der Waals surface area (Å²) in [6.45, 7) is 1.32. The third-order valence-electron chi connectivity index (χ3n) is 3.87. The lowest BCUT2D eigenvalue weighted by Crippen LogP contribution is -2.41. The van der Waals surface area contributed by atoms with E-state index in [4.69, 9.17) is 23.2 Å². The molecule has 0 spiro atoms. The lowest BCUT2D eigenvalue weighted by Gasteiger charge is -2.23. The number of ether oxygens (including phenoxy) is 1. The molecule has 27 heavy (non-hydrogen) atoms. The number of benzene rings is 1. The van der Waals surface area contributed by atoms with Gasteiger partial charge in [-0.3, -0.25) is 9.59 Å². The van der Waals surface area contributed by atoms with Gasteiger partial charge in [-0.05, 0) is 24.1 Å². The van der Waals surface area contributed by atoms with Crippen LogP contribution < -0.4 is 10.2 Å². The van der Waals surface area contributed by atoms with Crippen LogP contribution in [-0.2, 0) is 25.5 Å². The number of aliphatic carboxylic acids is 1. The molecule has 0 heterocycles. The average Bonchev–Trinajstić information content (AvgIpc) is 2.65. The number of esters is 1. The Kier molecular flexibility index (Phi) is 10.6. The number of alkyl halides is 2. The Morgan fingerprint density at radius 1 is 1.15 bits per heavy atom. The summed E-state index contributed by atoms with van der Waals surface area (Å²) >= 11 is 11.6. The zero-order valence-corrected chi connectivity index (χ0v) is 16.6. The monoisotopic (exact) mass is 418 g/mol. The van der Waals surface area contributed by atoms with Gasteiger partial charge < -0.3 is 20.1 Å². The Hall–Kier alpha value is -1.99. The van der Waals surface area contributed by atoms with Gasteiger partial charge >= 0.3 is 11.9 Å². The fraction of sp³-hybridized carbons (Fsp3) is 0.500. The highest BCUT2D eigenvalue weighted by molar-refractivity contribution is 6.18. The second kappa shape index (κ2) is 12.4. The molecule has 0 aromatic heterocycles. The number of hydrogen-bond acceptors (Lipinski definition) is 5. The van der Waals surface area contributed by atoms with E-state index in [0.717, 1.165) is 11.3 Å². The zero-order chi connectivity index (χ0) is 20.2. The number of halogens is 2. The summed E-state index contributed by atoms with van der Waals surface area (Å²) < 4.78 is 4.48. The van der Waals surface area contributed by atoms with Gasteiger partial charge in [0.15, 0.2) is 0 Å². The van der Waals surface area contributed by atoms with Crippen molar-refractivity contribution in [1.29, 1.82) is 0 Å². The van der Waals surface area contributed by atoms with E-state index in [1.54, 1.807) is 12.1 Å². The quantitative estimate of drug-likeness (QED) is 0.398. The van der Waals surface area contributed by atoms with Gasteiger partial charge in [-0.25, -0.2) is 4.79 Å². The number of amides is 1. The minimum absolute atomic E-state index is 0.0293. The van der Waals surface area contributed by atoms with Crippen molar-refractivity contribution in [3.05, 3.63) is 29.8 Å². The molecule has 2 N–H and O–H groups in total. The Bertz CT molecular complexity index is 619. The topological polar surface area (TPSA) is 95.9 Å². The van der Waals surface area contributed by atoms with Gasteiger partial charge in [-0.15, -0.1) is 23.2 Å². The van der Waals surface area contributed by atoms with Gasteiger partial charge in [0.2, 0.25) is 5.91 Å². The van der Waals surface area contributed by atoms with E-state index in [9.17, 15) is 19.5 Å². The molecular weight excluding hydrogens is 395 g/mol. The average molecular weight is 419 g/mol. The maximum Gasteiger partial charge on any atom is 0.326 e. The lowest BCUT2D eigenvalue weighted by molar-refractivity contribution is -0.144. The van der Waals surface area contributed by atoms with Crippen molar-refractivity contribution in [1.82, 2.24) is 5.32 Å². The predicted molar refractivity (Wildman–Crippen MR) is 105 cm³/mol. The normalized spacial score (nSPS) is 11.5. The molecule has 0 aliphatic rings. The minimum atomic E-state index is -1.19. The summed E-state index contributed by atoms with van der Waals surface area (Å²) in [5.41, 5.74) is 1.69. The van der Waals surface area contributed by atoms with E-state index < -0.39 is 23.9 Å². The predicted octanol–water partition coefficient (Wildman–Crippen LogP) is 2.04. The van der Waals surface area contributed by atoms with E-state index in [0.29, 0.717) is 24.8 Å². The Morgan fingerprint density at radius 3 is 2.22 bits per heavy atom. The second-order valence-corrected chi connectivity index (χ2v) is 6.54. The number of carboxylic acid groups (broad SMARTS) is 1. The molecule has 1 unspecified atom stereocenters. The van der Waals surface area contributed by atoms with Crippen molar-refractivity contribution in [2.45, 2.75) is 25.3 Å². The SMILES string of the molecule is COC(=O)CCC(NC(=O)Cc1ccc(N(CCCl)CCCl)cc1)C(=O)O. The van der Waals surface area contributed by atoms with E-state index in [-0.39, 0.29) is 19.3 Å². The number of methoxy groups -OCH3 is 1. The van der Waals surface area contributed by atoms with Crippen molar-refractivity contribution in [3.8, 4) is 0 Å². The van der Waals surface area contributed by atoms with Gasteiger partial charge in [0.1, 0.15) is 6.04 Å². The molecule has 1 atom stereocenters. The maximum atomic E-state index is 12.1. The zero-order valence-electron chi connectivity index (χ0n) is 15.1. The fourth-order valence-electron chi connectivity index (χ4n) is 2.45. The molecule has 1 rings (SSSR count). The van der Waals surface area contributed by atoms with Crippen LogP contribution >= 0.6 is 23.2 Å². The van der Waals surface area contributed by atoms with Crippen LogP contribution in [0.4, 0.5) is 5.69 Å². The molecular formula is C18H24Cl2N2O5. The van der Waals surface area contributed by atoms with Gasteiger partial charge in [0, 0.05) is 37.0 Å². The molecule has 1 aromatic carbocycles. The molecule has 0 saturated carbocycles. The van der Waals surface area contributed by atoms with Crippen LogP contribution in [0.2, 0.25) is 0 Å². The maximum absolute atomic E-state index is 12.1. The molecule has 0 saturated heterocycles. The molecule has 1 amide bonds. The smallest absolute Gasteiger partial charge is 0.326 e. The van der Waals surface area contributed by atoms with Crippen molar-refractivity contribution in [3.63, 3.8) is 0 Å². The Balaban J connectivity index is 2.64. The highest BCUT2D eigenvalue weighted by Gasteiger charge is 2.21. The molecule has 0 bridgehead atoms. The number of nitrogens with zero attached hydrogens (tertiary/aromatic N) is 1. The number of anilines is 1. The Labute approximate surface area is 168 Å². The van der Waals surface area contributed by atoms with E-state index in [1.165, 1.54) is 7.11 Å². The summed E-state index contributed by atoms with van der Waals surface area (Å²) in [4.78, 5) is 36.6. The van der Waals surface area contributed by atoms with Crippen molar-refractivity contribution < 1.29 is 24.2 Å². The van der Waals surface area contributed by atoms with Crippen LogP contribution in [0.3, 0.4) is 0 Å².